The summed E-state index contributed by atoms with van der Waals surface area (Å²) in [6.45, 7) is 6.05. The lowest BCUT2D eigenvalue weighted by molar-refractivity contribution is 0.102. The molecule has 0 saturated heterocycles. The molecule has 0 radical (unpaired) electrons. The van der Waals surface area contributed by atoms with Gasteiger partial charge in [0.05, 0.1) is 0 Å². The number of aromatic nitrogens is 2. The minimum atomic E-state index is -0.166. The quantitative estimate of drug-likeness (QED) is 0.432. The average Bonchev–Trinajstić information content (AvgIpc) is 2.74. The number of hydrogen-bond donors (Lipinski definition) is 1. The molecule has 1 N–H and O–H groups in total. The van der Waals surface area contributed by atoms with E-state index in [1.54, 1.807) is 36.5 Å². The van der Waals surface area contributed by atoms with Gasteiger partial charge < -0.3 is 10.1 Å². The second-order valence-electron chi connectivity index (χ2n) is 7.54. The van der Waals surface area contributed by atoms with Gasteiger partial charge in [-0.2, -0.15) is 4.98 Å². The molecule has 5 nitrogen and oxygen atoms in total. The van der Waals surface area contributed by atoms with Gasteiger partial charge in [-0.25, -0.2) is 4.98 Å². The first-order chi connectivity index (χ1) is 15.0. The number of anilines is 1. The summed E-state index contributed by atoms with van der Waals surface area (Å²) < 4.78 is 5.87. The molecule has 1 aromatic heterocycles. The van der Waals surface area contributed by atoms with Crippen LogP contribution in [0.25, 0.3) is 11.4 Å². The van der Waals surface area contributed by atoms with E-state index >= 15 is 0 Å². The highest BCUT2D eigenvalue weighted by molar-refractivity contribution is 6.04. The van der Waals surface area contributed by atoms with E-state index in [-0.39, 0.29) is 5.91 Å². The Hall–Kier alpha value is -3.99. The van der Waals surface area contributed by atoms with Gasteiger partial charge in [-0.1, -0.05) is 35.9 Å². The van der Waals surface area contributed by atoms with Crippen molar-refractivity contribution in [2.75, 3.05) is 5.32 Å². The zero-order valence-electron chi connectivity index (χ0n) is 17.7. The summed E-state index contributed by atoms with van der Waals surface area (Å²) in [5.74, 6) is 1.47. The Labute approximate surface area is 181 Å². The van der Waals surface area contributed by atoms with Gasteiger partial charge in [-0.3, -0.25) is 4.79 Å². The van der Waals surface area contributed by atoms with Gasteiger partial charge in [0.15, 0.2) is 5.82 Å². The molecule has 0 spiro atoms. The monoisotopic (exact) mass is 409 g/mol. The number of carbonyl (C=O) groups is 1. The van der Waals surface area contributed by atoms with Crippen LogP contribution in [0.3, 0.4) is 0 Å². The minimum absolute atomic E-state index is 0.166. The van der Waals surface area contributed by atoms with Crippen LogP contribution in [0.2, 0.25) is 0 Å². The predicted molar refractivity (Wildman–Crippen MR) is 123 cm³/mol. The van der Waals surface area contributed by atoms with Crippen molar-refractivity contribution in [2.45, 2.75) is 20.8 Å². The van der Waals surface area contributed by atoms with Gasteiger partial charge >= 0.3 is 0 Å². The van der Waals surface area contributed by atoms with Crippen molar-refractivity contribution >= 4 is 11.6 Å². The number of nitrogens with zero attached hydrogens (tertiary/aromatic N) is 2. The molecule has 0 saturated carbocycles. The number of hydrogen-bond acceptors (Lipinski definition) is 4. The van der Waals surface area contributed by atoms with Crippen molar-refractivity contribution in [2.24, 2.45) is 0 Å². The second kappa shape index (κ2) is 8.79. The highest BCUT2D eigenvalue weighted by Crippen LogP contribution is 2.23. The molecule has 4 rings (SSSR count). The van der Waals surface area contributed by atoms with Crippen LogP contribution in [0.4, 0.5) is 5.69 Å². The average molecular weight is 409 g/mol. The largest absolute Gasteiger partial charge is 0.439 e. The first-order valence-electron chi connectivity index (χ1n) is 10.0. The maximum atomic E-state index is 12.6. The van der Waals surface area contributed by atoms with E-state index in [1.165, 1.54) is 5.56 Å². The van der Waals surface area contributed by atoms with Crippen LogP contribution in [0.15, 0.2) is 79.0 Å². The summed E-state index contributed by atoms with van der Waals surface area (Å²) in [6.07, 6.45) is 1.67. The van der Waals surface area contributed by atoms with Crippen LogP contribution in [-0.2, 0) is 0 Å². The molecule has 154 valence electrons. The van der Waals surface area contributed by atoms with Gasteiger partial charge in [0.25, 0.3) is 5.91 Å². The first kappa shape index (κ1) is 20.3. The number of ether oxygens (including phenoxy) is 1. The molecule has 31 heavy (non-hydrogen) atoms. The third-order valence-electron chi connectivity index (χ3n) is 4.76. The molecule has 1 amide bonds. The molecular weight excluding hydrogens is 386 g/mol. The lowest BCUT2D eigenvalue weighted by atomic mass is 10.1. The lowest BCUT2D eigenvalue weighted by Gasteiger charge is -2.09. The van der Waals surface area contributed by atoms with Crippen LogP contribution in [0.5, 0.6) is 11.6 Å². The number of benzene rings is 3. The van der Waals surface area contributed by atoms with Crippen molar-refractivity contribution in [1.29, 1.82) is 0 Å². The minimum Gasteiger partial charge on any atom is -0.439 e. The number of rotatable bonds is 5. The second-order valence-corrected chi connectivity index (χ2v) is 7.54. The van der Waals surface area contributed by atoms with Crippen molar-refractivity contribution in [3.8, 4) is 23.0 Å². The highest BCUT2D eigenvalue weighted by atomic mass is 16.5. The van der Waals surface area contributed by atoms with Crippen molar-refractivity contribution in [1.82, 2.24) is 9.97 Å². The van der Waals surface area contributed by atoms with Gasteiger partial charge in [0.1, 0.15) is 5.75 Å². The van der Waals surface area contributed by atoms with Crippen LogP contribution in [0, 0.1) is 20.8 Å². The van der Waals surface area contributed by atoms with Gasteiger partial charge in [-0.15, -0.1) is 0 Å². The molecule has 5 heteroatoms. The Bertz CT molecular complexity index is 1200. The van der Waals surface area contributed by atoms with E-state index in [0.29, 0.717) is 23.0 Å². The number of aryl methyl sites for hydroxylation is 3. The molecule has 0 atom stereocenters. The number of nitrogens with one attached hydrogen (secondary N) is 1. The summed E-state index contributed by atoms with van der Waals surface area (Å²) in [5.41, 5.74) is 5.65. The molecular formula is C26H23N3O2. The van der Waals surface area contributed by atoms with E-state index in [4.69, 9.17) is 4.74 Å². The molecule has 0 fully saturated rings. The lowest BCUT2D eigenvalue weighted by Crippen LogP contribution is -2.12. The van der Waals surface area contributed by atoms with E-state index in [1.807, 2.05) is 57.2 Å². The first-order valence-corrected chi connectivity index (χ1v) is 10.0. The standard InChI is InChI=1S/C26H23N3O2/c1-17-4-6-20(7-5-17)25-27-13-12-24(29-25)31-23-10-8-21(9-11-23)26(30)28-22-15-18(2)14-19(3)16-22/h4-16H,1-3H3,(H,28,30). The molecule has 0 unspecified atom stereocenters. The van der Waals surface area contributed by atoms with E-state index in [9.17, 15) is 4.79 Å². The van der Waals surface area contributed by atoms with E-state index in [0.717, 1.165) is 22.4 Å². The maximum absolute atomic E-state index is 12.6. The molecule has 3 aromatic carbocycles. The van der Waals surface area contributed by atoms with Gasteiger partial charge in [0.2, 0.25) is 5.88 Å². The number of amides is 1. The van der Waals surface area contributed by atoms with Crippen molar-refractivity contribution in [3.63, 3.8) is 0 Å². The van der Waals surface area contributed by atoms with E-state index < -0.39 is 0 Å². The van der Waals surface area contributed by atoms with Crippen molar-refractivity contribution in [3.05, 3.63) is 101 Å². The van der Waals surface area contributed by atoms with E-state index in [2.05, 4.69) is 21.4 Å². The molecule has 4 aromatic rings. The smallest absolute Gasteiger partial charge is 0.255 e. The van der Waals surface area contributed by atoms with Crippen LogP contribution >= 0.6 is 0 Å². The summed E-state index contributed by atoms with van der Waals surface area (Å²) in [4.78, 5) is 21.4. The fourth-order valence-corrected chi connectivity index (χ4v) is 3.29. The summed E-state index contributed by atoms with van der Waals surface area (Å²) in [7, 11) is 0. The summed E-state index contributed by atoms with van der Waals surface area (Å²) in [5, 5.41) is 2.94. The Morgan fingerprint density at radius 2 is 1.48 bits per heavy atom. The summed E-state index contributed by atoms with van der Waals surface area (Å²) in [6, 6.07) is 22.7. The zero-order chi connectivity index (χ0) is 21.8. The predicted octanol–water partition coefficient (Wildman–Crippen LogP) is 6.11. The Morgan fingerprint density at radius 3 is 2.16 bits per heavy atom. The fraction of sp³-hybridized carbons (Fsp3) is 0.115. The van der Waals surface area contributed by atoms with Crippen LogP contribution < -0.4 is 10.1 Å². The van der Waals surface area contributed by atoms with Crippen LogP contribution in [-0.4, -0.2) is 15.9 Å². The normalized spacial score (nSPS) is 10.5. The SMILES string of the molecule is Cc1ccc(-c2nccc(Oc3ccc(C(=O)Nc4cc(C)cc(C)c4)cc3)n2)cc1. The van der Waals surface area contributed by atoms with Gasteiger partial charge in [0, 0.05) is 29.1 Å². The Morgan fingerprint density at radius 1 is 0.806 bits per heavy atom. The third kappa shape index (κ3) is 5.14. The zero-order valence-corrected chi connectivity index (χ0v) is 17.7. The molecule has 0 bridgehead atoms. The maximum Gasteiger partial charge on any atom is 0.255 e. The Balaban J connectivity index is 1.45. The molecule has 0 aliphatic carbocycles. The number of carbonyl (C=O) groups excluding carboxylic acids is 1. The van der Waals surface area contributed by atoms with Gasteiger partial charge in [-0.05, 0) is 68.3 Å². The molecule has 0 aliphatic heterocycles. The molecule has 1 heterocycles. The summed E-state index contributed by atoms with van der Waals surface area (Å²) >= 11 is 0. The fourth-order valence-electron chi connectivity index (χ4n) is 3.29. The Kier molecular flexibility index (Phi) is 5.76. The van der Waals surface area contributed by atoms with Crippen LogP contribution in [0.1, 0.15) is 27.0 Å². The third-order valence-corrected chi connectivity index (χ3v) is 4.76. The van der Waals surface area contributed by atoms with Crippen molar-refractivity contribution < 1.29 is 9.53 Å². The highest BCUT2D eigenvalue weighted by Gasteiger charge is 2.09. The molecule has 0 aliphatic rings. The topological polar surface area (TPSA) is 64.1 Å².